The van der Waals surface area contributed by atoms with E-state index in [4.69, 9.17) is 5.11 Å². The Kier molecular flexibility index (Phi) is 6.70. The molecule has 1 rings (SSSR count). The standard InChI is InChI=1S/C10H9NO3.Na/c12-9(6-7-10(13)14)11-8-4-2-1-3-5-8;/h1-7H,(H,11,12)(H,13,14);. The molecule has 0 aliphatic heterocycles. The molecule has 0 aromatic heterocycles. The van der Waals surface area contributed by atoms with Crippen LogP contribution in [0, 0.1) is 0 Å². The van der Waals surface area contributed by atoms with Crippen molar-refractivity contribution >= 4 is 47.1 Å². The van der Waals surface area contributed by atoms with Crippen molar-refractivity contribution in [2.45, 2.75) is 0 Å². The van der Waals surface area contributed by atoms with Crippen LogP contribution in [0.5, 0.6) is 0 Å². The summed E-state index contributed by atoms with van der Waals surface area (Å²) in [6, 6.07) is 8.80. The fourth-order valence-corrected chi connectivity index (χ4v) is 0.852. The molecular weight excluding hydrogens is 205 g/mol. The van der Waals surface area contributed by atoms with Crippen LogP contribution < -0.4 is 5.32 Å². The van der Waals surface area contributed by atoms with E-state index in [1.807, 2.05) is 6.07 Å². The van der Waals surface area contributed by atoms with Crippen molar-refractivity contribution in [3.8, 4) is 0 Å². The number of hydrogen-bond donors (Lipinski definition) is 2. The minimum absolute atomic E-state index is 0. The summed E-state index contributed by atoms with van der Waals surface area (Å²) in [6.07, 6.45) is 1.76. The topological polar surface area (TPSA) is 66.4 Å². The van der Waals surface area contributed by atoms with Gasteiger partial charge in [-0.15, -0.1) is 0 Å². The Bertz CT molecular complexity index is 362. The Balaban J connectivity index is 0.00000196. The maximum atomic E-state index is 11.1. The fraction of sp³-hybridized carbons (Fsp3) is 0. The van der Waals surface area contributed by atoms with Gasteiger partial charge in [-0.05, 0) is 12.1 Å². The first kappa shape index (κ1) is 13.9. The maximum absolute atomic E-state index is 11.1. The second-order valence-electron chi connectivity index (χ2n) is 2.53. The second kappa shape index (κ2) is 7.23. The smallest absolute Gasteiger partial charge is 0.328 e. The van der Waals surface area contributed by atoms with Crippen molar-refractivity contribution in [1.29, 1.82) is 0 Å². The molecule has 0 aliphatic rings. The maximum Gasteiger partial charge on any atom is 0.328 e. The van der Waals surface area contributed by atoms with E-state index in [-0.39, 0.29) is 29.6 Å². The monoisotopic (exact) mass is 214 g/mol. The van der Waals surface area contributed by atoms with Crippen LogP contribution >= 0.6 is 0 Å². The van der Waals surface area contributed by atoms with Crippen LogP contribution in [0.15, 0.2) is 42.5 Å². The summed E-state index contributed by atoms with van der Waals surface area (Å²) in [7, 11) is 0. The number of benzene rings is 1. The molecule has 1 aromatic carbocycles. The van der Waals surface area contributed by atoms with E-state index in [0.717, 1.165) is 12.2 Å². The third-order valence-electron chi connectivity index (χ3n) is 1.42. The van der Waals surface area contributed by atoms with E-state index in [9.17, 15) is 9.59 Å². The van der Waals surface area contributed by atoms with Gasteiger partial charge in [0.15, 0.2) is 0 Å². The Morgan fingerprint density at radius 1 is 1.13 bits per heavy atom. The number of rotatable bonds is 3. The Morgan fingerprint density at radius 3 is 2.27 bits per heavy atom. The normalized spacial score (nSPS) is 9.33. The van der Waals surface area contributed by atoms with Crippen LogP contribution in [0.25, 0.3) is 0 Å². The van der Waals surface area contributed by atoms with Crippen LogP contribution in [-0.4, -0.2) is 46.5 Å². The zero-order chi connectivity index (χ0) is 10.4. The molecule has 5 heteroatoms. The fourth-order valence-electron chi connectivity index (χ4n) is 0.852. The predicted molar refractivity (Wildman–Crippen MR) is 57.6 cm³/mol. The molecule has 73 valence electrons. The van der Waals surface area contributed by atoms with Crippen molar-refractivity contribution in [1.82, 2.24) is 0 Å². The predicted octanol–water partition coefficient (Wildman–Crippen LogP) is 0.885. The van der Waals surface area contributed by atoms with Crippen molar-refractivity contribution in [3.05, 3.63) is 42.5 Å². The number of aliphatic carboxylic acids is 1. The summed E-state index contributed by atoms with van der Waals surface area (Å²) in [5.74, 6) is -1.60. The molecule has 0 saturated heterocycles. The molecular formula is C10H9NNaO3. The number of carboxylic acids is 1. The second-order valence-corrected chi connectivity index (χ2v) is 2.53. The summed E-state index contributed by atoms with van der Waals surface area (Å²) in [5.41, 5.74) is 0.632. The quantitative estimate of drug-likeness (QED) is 0.580. The van der Waals surface area contributed by atoms with Gasteiger partial charge in [0.05, 0.1) is 0 Å². The third kappa shape index (κ3) is 6.06. The van der Waals surface area contributed by atoms with Gasteiger partial charge in [0.25, 0.3) is 0 Å². The minimum Gasteiger partial charge on any atom is -0.478 e. The molecule has 4 nitrogen and oxygen atoms in total. The van der Waals surface area contributed by atoms with Crippen molar-refractivity contribution in [2.24, 2.45) is 0 Å². The van der Waals surface area contributed by atoms with Crippen molar-refractivity contribution in [2.75, 3.05) is 5.32 Å². The van der Waals surface area contributed by atoms with Gasteiger partial charge in [-0.1, -0.05) is 18.2 Å². The number of carboxylic acid groups (broad SMARTS) is 1. The first-order valence-corrected chi connectivity index (χ1v) is 3.95. The van der Waals surface area contributed by atoms with E-state index in [2.05, 4.69) is 5.32 Å². The molecule has 1 aromatic rings. The zero-order valence-corrected chi connectivity index (χ0v) is 10.3. The zero-order valence-electron chi connectivity index (χ0n) is 8.31. The van der Waals surface area contributed by atoms with Crippen molar-refractivity contribution in [3.63, 3.8) is 0 Å². The van der Waals surface area contributed by atoms with Crippen LogP contribution in [0.3, 0.4) is 0 Å². The van der Waals surface area contributed by atoms with Gasteiger partial charge < -0.3 is 10.4 Å². The van der Waals surface area contributed by atoms with Gasteiger partial charge in [0.2, 0.25) is 5.91 Å². The average Bonchev–Trinajstić information content (AvgIpc) is 2.16. The first-order valence-electron chi connectivity index (χ1n) is 3.95. The molecule has 0 bridgehead atoms. The molecule has 0 atom stereocenters. The number of carbonyl (C=O) groups excluding carboxylic acids is 1. The number of amides is 1. The Labute approximate surface area is 109 Å². The molecule has 2 N–H and O–H groups in total. The summed E-state index contributed by atoms with van der Waals surface area (Å²) in [4.78, 5) is 21.1. The van der Waals surface area contributed by atoms with Gasteiger partial charge in [-0.2, -0.15) is 0 Å². The number of para-hydroxylation sites is 1. The Morgan fingerprint density at radius 2 is 1.73 bits per heavy atom. The van der Waals surface area contributed by atoms with Gasteiger partial charge in [-0.25, -0.2) is 4.79 Å². The summed E-state index contributed by atoms with van der Waals surface area (Å²) >= 11 is 0. The molecule has 0 heterocycles. The van der Waals surface area contributed by atoms with E-state index in [0.29, 0.717) is 5.69 Å². The molecule has 0 fully saturated rings. The number of anilines is 1. The molecule has 1 amide bonds. The van der Waals surface area contributed by atoms with Gasteiger partial charge in [0.1, 0.15) is 0 Å². The van der Waals surface area contributed by atoms with Crippen LogP contribution in [0.2, 0.25) is 0 Å². The van der Waals surface area contributed by atoms with Gasteiger partial charge in [-0.3, -0.25) is 4.79 Å². The SMILES string of the molecule is O=C(O)C=CC(=O)Nc1ccccc1.[Na]. The largest absolute Gasteiger partial charge is 0.478 e. The summed E-state index contributed by atoms with van der Waals surface area (Å²) in [5, 5.41) is 10.8. The van der Waals surface area contributed by atoms with E-state index in [1.54, 1.807) is 24.3 Å². The molecule has 0 spiro atoms. The van der Waals surface area contributed by atoms with Gasteiger partial charge >= 0.3 is 5.97 Å². The first-order chi connectivity index (χ1) is 6.68. The van der Waals surface area contributed by atoms with Gasteiger partial charge in [0, 0.05) is 47.4 Å². The summed E-state index contributed by atoms with van der Waals surface area (Å²) < 4.78 is 0. The Hall–Kier alpha value is -1.10. The third-order valence-corrected chi connectivity index (χ3v) is 1.42. The minimum atomic E-state index is -1.15. The number of hydrogen-bond acceptors (Lipinski definition) is 2. The van der Waals surface area contributed by atoms with Crippen molar-refractivity contribution < 1.29 is 14.7 Å². The van der Waals surface area contributed by atoms with E-state index in [1.165, 1.54) is 0 Å². The van der Waals surface area contributed by atoms with Crippen LogP contribution in [-0.2, 0) is 9.59 Å². The van der Waals surface area contributed by atoms with E-state index < -0.39 is 11.9 Å². The average molecular weight is 214 g/mol. The molecule has 0 saturated carbocycles. The number of nitrogens with one attached hydrogen (secondary N) is 1. The van der Waals surface area contributed by atoms with Crippen LogP contribution in [0.1, 0.15) is 0 Å². The summed E-state index contributed by atoms with van der Waals surface area (Å²) in [6.45, 7) is 0. The van der Waals surface area contributed by atoms with E-state index >= 15 is 0 Å². The number of carbonyl (C=O) groups is 2. The molecule has 1 radical (unpaired) electrons. The molecule has 15 heavy (non-hydrogen) atoms. The molecule has 0 aliphatic carbocycles. The van der Waals surface area contributed by atoms with Crippen LogP contribution in [0.4, 0.5) is 5.69 Å². The molecule has 0 unspecified atom stereocenters.